The summed E-state index contributed by atoms with van der Waals surface area (Å²) in [4.78, 5) is 16.4. The Hall–Kier alpha value is -1.15. The highest BCUT2D eigenvalue weighted by Crippen LogP contribution is 2.22. The molecule has 1 unspecified atom stereocenters. The molecule has 0 aromatic carbocycles. The zero-order valence-electron chi connectivity index (χ0n) is 13.4. The number of rotatable bonds is 5. The fourth-order valence-corrected chi connectivity index (χ4v) is 3.26. The second-order valence-corrected chi connectivity index (χ2v) is 6.33. The maximum Gasteiger partial charge on any atom is 0.287 e. The summed E-state index contributed by atoms with van der Waals surface area (Å²) in [7, 11) is 1.95. The van der Waals surface area contributed by atoms with Gasteiger partial charge in [-0.15, -0.1) is 24.8 Å². The van der Waals surface area contributed by atoms with Crippen LogP contribution in [0.2, 0.25) is 0 Å². The van der Waals surface area contributed by atoms with Crippen molar-refractivity contribution in [2.75, 3.05) is 13.1 Å². The van der Waals surface area contributed by atoms with Gasteiger partial charge in [-0.05, 0) is 31.5 Å². The molecule has 1 fully saturated rings. The van der Waals surface area contributed by atoms with Gasteiger partial charge < -0.3 is 19.6 Å². The van der Waals surface area contributed by atoms with Crippen molar-refractivity contribution in [1.82, 2.24) is 20.2 Å². The Bertz CT molecular complexity index is 641. The molecule has 0 spiro atoms. The lowest BCUT2D eigenvalue weighted by Gasteiger charge is -2.23. The van der Waals surface area contributed by atoms with Crippen molar-refractivity contribution in [3.05, 3.63) is 36.0 Å². The molecular formula is C15H22Cl2N4O2S. The van der Waals surface area contributed by atoms with Gasteiger partial charge in [-0.25, -0.2) is 4.98 Å². The molecule has 0 bridgehead atoms. The number of nitrogens with one attached hydrogen (secondary N) is 2. The average Bonchev–Trinajstić information content (AvgIpc) is 3.15. The normalized spacial score (nSPS) is 16.8. The molecule has 134 valence electrons. The van der Waals surface area contributed by atoms with E-state index >= 15 is 0 Å². The van der Waals surface area contributed by atoms with Crippen molar-refractivity contribution in [3.63, 3.8) is 0 Å². The van der Waals surface area contributed by atoms with Crippen LogP contribution in [0.1, 0.15) is 29.2 Å². The molecular weight excluding hydrogens is 371 g/mol. The molecule has 24 heavy (non-hydrogen) atoms. The van der Waals surface area contributed by atoms with Gasteiger partial charge in [0.15, 0.2) is 10.9 Å². The minimum Gasteiger partial charge on any atom is -0.455 e. The summed E-state index contributed by atoms with van der Waals surface area (Å²) >= 11 is 1.58. The Morgan fingerprint density at radius 1 is 1.50 bits per heavy atom. The fourth-order valence-electron chi connectivity index (χ4n) is 2.44. The van der Waals surface area contributed by atoms with Crippen molar-refractivity contribution < 1.29 is 9.21 Å². The zero-order valence-corrected chi connectivity index (χ0v) is 15.8. The first kappa shape index (κ1) is 20.9. The van der Waals surface area contributed by atoms with E-state index < -0.39 is 0 Å². The van der Waals surface area contributed by atoms with Crippen LogP contribution in [0.4, 0.5) is 0 Å². The van der Waals surface area contributed by atoms with Gasteiger partial charge in [0.05, 0.1) is 5.75 Å². The highest BCUT2D eigenvalue weighted by atomic mass is 35.5. The number of hydrogen-bond acceptors (Lipinski definition) is 5. The molecule has 1 aliphatic rings. The quantitative estimate of drug-likeness (QED) is 0.765. The lowest BCUT2D eigenvalue weighted by molar-refractivity contribution is 0.0901. The predicted octanol–water partition coefficient (Wildman–Crippen LogP) is 2.63. The van der Waals surface area contributed by atoms with Crippen LogP contribution in [0.15, 0.2) is 34.1 Å². The predicted molar refractivity (Wildman–Crippen MR) is 99.3 cm³/mol. The topological polar surface area (TPSA) is 72.1 Å². The summed E-state index contributed by atoms with van der Waals surface area (Å²) < 4.78 is 7.59. The van der Waals surface area contributed by atoms with E-state index in [1.165, 1.54) is 0 Å². The number of furan rings is 1. The fraction of sp³-hybridized carbons (Fsp3) is 0.467. The number of carbonyl (C=O) groups excluding carboxylic acids is 1. The Kier molecular flexibility index (Phi) is 8.69. The molecule has 2 aromatic heterocycles. The Morgan fingerprint density at radius 2 is 2.33 bits per heavy atom. The largest absolute Gasteiger partial charge is 0.455 e. The number of amides is 1. The van der Waals surface area contributed by atoms with E-state index in [1.54, 1.807) is 24.0 Å². The number of halogens is 2. The van der Waals surface area contributed by atoms with E-state index in [2.05, 4.69) is 15.6 Å². The van der Waals surface area contributed by atoms with Gasteiger partial charge in [-0.2, -0.15) is 0 Å². The lowest BCUT2D eigenvalue weighted by Crippen LogP contribution is -2.45. The summed E-state index contributed by atoms with van der Waals surface area (Å²) in [5, 5.41) is 7.22. The smallest absolute Gasteiger partial charge is 0.287 e. The van der Waals surface area contributed by atoms with E-state index in [0.29, 0.717) is 11.5 Å². The van der Waals surface area contributed by atoms with Crippen LogP contribution < -0.4 is 10.6 Å². The van der Waals surface area contributed by atoms with E-state index in [4.69, 9.17) is 4.42 Å². The van der Waals surface area contributed by atoms with Gasteiger partial charge in [0.2, 0.25) is 0 Å². The summed E-state index contributed by atoms with van der Waals surface area (Å²) in [6.07, 6.45) is 5.78. The standard InChI is InChI=1S/C15H20N4O2S.2ClH/c1-19-8-7-17-15(19)22-10-12-4-5-13(21-12)14(20)18-11-3-2-6-16-9-11;;/h4-5,7-8,11,16H,2-3,6,9-10H2,1H3,(H,18,20);2*1H. The second-order valence-electron chi connectivity index (χ2n) is 5.39. The van der Waals surface area contributed by atoms with Gasteiger partial charge in [-0.3, -0.25) is 4.79 Å². The minimum atomic E-state index is -0.137. The van der Waals surface area contributed by atoms with Crippen molar-refractivity contribution in [1.29, 1.82) is 0 Å². The number of carbonyl (C=O) groups is 1. The van der Waals surface area contributed by atoms with Crippen LogP contribution in [-0.2, 0) is 12.8 Å². The van der Waals surface area contributed by atoms with Gasteiger partial charge in [0.1, 0.15) is 5.76 Å². The van der Waals surface area contributed by atoms with Crippen molar-refractivity contribution in [2.24, 2.45) is 7.05 Å². The Balaban J connectivity index is 0.00000144. The summed E-state index contributed by atoms with van der Waals surface area (Å²) in [6, 6.07) is 3.78. The molecule has 9 heteroatoms. The Labute approximate surface area is 158 Å². The summed E-state index contributed by atoms with van der Waals surface area (Å²) in [5.74, 6) is 1.67. The summed E-state index contributed by atoms with van der Waals surface area (Å²) in [5.41, 5.74) is 0. The van der Waals surface area contributed by atoms with Crippen LogP contribution in [0.3, 0.4) is 0 Å². The maximum atomic E-state index is 12.2. The third kappa shape index (κ3) is 5.44. The highest BCUT2D eigenvalue weighted by Gasteiger charge is 2.18. The molecule has 1 atom stereocenters. The molecule has 2 aromatic rings. The number of aromatic nitrogens is 2. The van der Waals surface area contributed by atoms with Crippen LogP contribution in [0.25, 0.3) is 0 Å². The molecule has 1 amide bonds. The molecule has 3 rings (SSSR count). The monoisotopic (exact) mass is 392 g/mol. The van der Waals surface area contributed by atoms with Crippen LogP contribution in [-0.4, -0.2) is 34.6 Å². The first-order chi connectivity index (χ1) is 10.7. The SMILES string of the molecule is Cl.Cl.Cn1ccnc1SCc1ccc(C(=O)NC2CCCNC2)o1. The third-order valence-electron chi connectivity index (χ3n) is 3.64. The zero-order chi connectivity index (χ0) is 15.4. The lowest BCUT2D eigenvalue weighted by atomic mass is 10.1. The second kappa shape index (κ2) is 9.98. The molecule has 1 saturated heterocycles. The average molecular weight is 393 g/mol. The molecule has 1 aliphatic heterocycles. The van der Waals surface area contributed by atoms with Crippen LogP contribution in [0.5, 0.6) is 0 Å². The molecule has 6 nitrogen and oxygen atoms in total. The number of nitrogens with zero attached hydrogens (tertiary/aromatic N) is 2. The number of hydrogen-bond donors (Lipinski definition) is 2. The third-order valence-corrected chi connectivity index (χ3v) is 4.72. The van der Waals surface area contributed by atoms with E-state index in [0.717, 1.165) is 36.8 Å². The molecule has 0 aliphatic carbocycles. The maximum absolute atomic E-state index is 12.2. The van der Waals surface area contributed by atoms with Gasteiger partial charge in [-0.1, -0.05) is 11.8 Å². The van der Waals surface area contributed by atoms with Gasteiger partial charge in [0, 0.05) is 32.0 Å². The molecule has 0 saturated carbocycles. The minimum absolute atomic E-state index is 0. The number of thioether (sulfide) groups is 1. The van der Waals surface area contributed by atoms with E-state index in [-0.39, 0.29) is 36.8 Å². The van der Waals surface area contributed by atoms with E-state index in [1.807, 2.05) is 23.9 Å². The highest BCUT2D eigenvalue weighted by molar-refractivity contribution is 7.98. The van der Waals surface area contributed by atoms with E-state index in [9.17, 15) is 4.79 Å². The van der Waals surface area contributed by atoms with Gasteiger partial charge in [0.25, 0.3) is 5.91 Å². The molecule has 3 heterocycles. The number of imidazole rings is 1. The first-order valence-corrected chi connectivity index (χ1v) is 8.41. The number of piperidine rings is 1. The number of aryl methyl sites for hydroxylation is 1. The van der Waals surface area contributed by atoms with Crippen LogP contribution >= 0.6 is 36.6 Å². The van der Waals surface area contributed by atoms with Crippen LogP contribution in [0, 0.1) is 0 Å². The first-order valence-electron chi connectivity index (χ1n) is 7.43. The summed E-state index contributed by atoms with van der Waals surface area (Å²) in [6.45, 7) is 1.86. The van der Waals surface area contributed by atoms with Crippen molar-refractivity contribution in [2.45, 2.75) is 29.8 Å². The van der Waals surface area contributed by atoms with Crippen molar-refractivity contribution in [3.8, 4) is 0 Å². The van der Waals surface area contributed by atoms with Gasteiger partial charge >= 0.3 is 0 Å². The molecule has 2 N–H and O–H groups in total. The Morgan fingerprint density at radius 3 is 3.00 bits per heavy atom. The molecule has 0 radical (unpaired) electrons. The van der Waals surface area contributed by atoms with Crippen molar-refractivity contribution >= 4 is 42.5 Å².